The topological polar surface area (TPSA) is 77.1 Å². The molecule has 20 heavy (non-hydrogen) atoms. The van der Waals surface area contributed by atoms with Crippen molar-refractivity contribution in [2.24, 2.45) is 10.9 Å². The summed E-state index contributed by atoms with van der Waals surface area (Å²) >= 11 is 0. The highest BCUT2D eigenvalue weighted by molar-refractivity contribution is 5.95. The Kier molecular flexibility index (Phi) is 4.79. The molecule has 0 bridgehead atoms. The number of nitrogens with two attached hydrogens (primary N) is 1. The number of hydrogen-bond acceptors (Lipinski definition) is 5. The molecule has 2 aromatic rings. The Balaban J connectivity index is 2.49. The summed E-state index contributed by atoms with van der Waals surface area (Å²) in [6, 6.07) is 9.69. The molecule has 0 spiro atoms. The molecule has 0 aromatic heterocycles. The highest BCUT2D eigenvalue weighted by Gasteiger charge is 2.10. The van der Waals surface area contributed by atoms with Crippen LogP contribution in [0.3, 0.4) is 0 Å². The lowest BCUT2D eigenvalue weighted by Gasteiger charge is -2.13. The fourth-order valence-corrected chi connectivity index (χ4v) is 2.00. The molecular formula is C15H18N2O3. The van der Waals surface area contributed by atoms with Crippen molar-refractivity contribution in [3.05, 3.63) is 35.9 Å². The van der Waals surface area contributed by atoms with Crippen molar-refractivity contribution < 1.29 is 14.6 Å². The first-order valence-electron chi connectivity index (χ1n) is 6.38. The van der Waals surface area contributed by atoms with E-state index in [4.69, 9.17) is 20.4 Å². The number of hydrogen-bond donors (Lipinski definition) is 2. The normalized spacial score (nSPS) is 11.1. The van der Waals surface area contributed by atoms with Crippen LogP contribution >= 0.6 is 0 Å². The summed E-state index contributed by atoms with van der Waals surface area (Å²) in [5.41, 5.74) is 0.889. The minimum Gasteiger partial charge on any atom is -0.493 e. The van der Waals surface area contributed by atoms with Gasteiger partial charge in [0, 0.05) is 18.4 Å². The van der Waals surface area contributed by atoms with Gasteiger partial charge in [-0.25, -0.2) is 0 Å². The Morgan fingerprint density at radius 1 is 1.30 bits per heavy atom. The van der Waals surface area contributed by atoms with Crippen molar-refractivity contribution in [1.29, 1.82) is 0 Å². The summed E-state index contributed by atoms with van der Waals surface area (Å²) in [6.45, 7) is 0.527. The second-order valence-electron chi connectivity index (χ2n) is 4.28. The lowest BCUT2D eigenvalue weighted by atomic mass is 10.1. The number of benzene rings is 2. The molecule has 0 saturated heterocycles. The van der Waals surface area contributed by atoms with Crippen LogP contribution in [0.15, 0.2) is 35.4 Å². The third kappa shape index (κ3) is 3.00. The van der Waals surface area contributed by atoms with Gasteiger partial charge in [0.05, 0.1) is 19.9 Å². The molecule has 3 N–H and O–H groups in total. The molecule has 5 nitrogen and oxygen atoms in total. The van der Waals surface area contributed by atoms with E-state index >= 15 is 0 Å². The largest absolute Gasteiger partial charge is 0.493 e. The first-order chi connectivity index (χ1) is 9.80. The summed E-state index contributed by atoms with van der Waals surface area (Å²) < 4.78 is 11.1. The third-order valence-corrected chi connectivity index (χ3v) is 2.95. The first kappa shape index (κ1) is 14.1. The summed E-state index contributed by atoms with van der Waals surface area (Å²) in [5, 5.41) is 14.4. The van der Waals surface area contributed by atoms with Gasteiger partial charge in [0.2, 0.25) is 0 Å². The van der Waals surface area contributed by atoms with E-state index < -0.39 is 0 Å². The summed E-state index contributed by atoms with van der Waals surface area (Å²) in [6.07, 6.45) is 2.15. The lowest BCUT2D eigenvalue weighted by Crippen LogP contribution is -2.02. The van der Waals surface area contributed by atoms with Crippen LogP contribution in [-0.4, -0.2) is 31.6 Å². The predicted molar refractivity (Wildman–Crippen MR) is 79.5 cm³/mol. The molecule has 106 valence electrons. The van der Waals surface area contributed by atoms with E-state index in [1.807, 2.05) is 30.3 Å². The first-order valence-corrected chi connectivity index (χ1v) is 6.38. The molecule has 0 heterocycles. The van der Waals surface area contributed by atoms with Crippen molar-refractivity contribution in [2.45, 2.75) is 6.42 Å². The number of fused-ring (bicyclic) bond motifs is 1. The molecule has 5 heteroatoms. The number of methoxy groups -OCH3 is 1. The molecule has 0 aliphatic rings. The Morgan fingerprint density at radius 3 is 2.80 bits per heavy atom. The van der Waals surface area contributed by atoms with Crippen LogP contribution in [0, 0.1) is 0 Å². The summed E-state index contributed by atoms with van der Waals surface area (Å²) in [7, 11) is 1.60. The van der Waals surface area contributed by atoms with E-state index in [1.54, 1.807) is 13.3 Å². The van der Waals surface area contributed by atoms with Gasteiger partial charge in [-0.15, -0.1) is 0 Å². The molecule has 0 amide bonds. The SMILES string of the molecule is COc1ccc2ccc(C=NN)cc2c1OCCCO. The van der Waals surface area contributed by atoms with Crippen LogP contribution in [-0.2, 0) is 0 Å². The lowest BCUT2D eigenvalue weighted by molar-refractivity contribution is 0.229. The van der Waals surface area contributed by atoms with Crippen molar-refractivity contribution in [3.63, 3.8) is 0 Å². The van der Waals surface area contributed by atoms with Crippen molar-refractivity contribution in [1.82, 2.24) is 0 Å². The molecule has 0 saturated carbocycles. The predicted octanol–water partition coefficient (Wildman–Crippen LogP) is 1.90. The number of aliphatic hydroxyl groups is 1. The fourth-order valence-electron chi connectivity index (χ4n) is 2.00. The van der Waals surface area contributed by atoms with Gasteiger partial charge in [-0.2, -0.15) is 5.10 Å². The second kappa shape index (κ2) is 6.77. The molecular weight excluding hydrogens is 256 g/mol. The van der Waals surface area contributed by atoms with Gasteiger partial charge in [-0.05, 0) is 23.1 Å². The Labute approximate surface area is 117 Å². The maximum atomic E-state index is 8.86. The Hall–Kier alpha value is -2.27. The third-order valence-electron chi connectivity index (χ3n) is 2.95. The standard InChI is InChI=1S/C15H18N2O3/c1-19-14-6-5-12-4-3-11(10-17-16)9-13(12)15(14)20-8-2-7-18/h3-6,9-10,18H,2,7-8,16H2,1H3. The Morgan fingerprint density at radius 2 is 2.10 bits per heavy atom. The van der Waals surface area contributed by atoms with Gasteiger partial charge < -0.3 is 20.4 Å². The van der Waals surface area contributed by atoms with E-state index in [1.165, 1.54) is 0 Å². The van der Waals surface area contributed by atoms with Crippen molar-refractivity contribution in [2.75, 3.05) is 20.3 Å². The van der Waals surface area contributed by atoms with Crippen molar-refractivity contribution in [3.8, 4) is 11.5 Å². The van der Waals surface area contributed by atoms with Crippen LogP contribution in [0.5, 0.6) is 11.5 Å². The minimum atomic E-state index is 0.0954. The number of nitrogens with zero attached hydrogens (tertiary/aromatic N) is 1. The van der Waals surface area contributed by atoms with E-state index in [2.05, 4.69) is 5.10 Å². The van der Waals surface area contributed by atoms with Gasteiger partial charge in [0.15, 0.2) is 11.5 Å². The molecule has 0 unspecified atom stereocenters. The van der Waals surface area contributed by atoms with Gasteiger partial charge >= 0.3 is 0 Å². The smallest absolute Gasteiger partial charge is 0.168 e. The van der Waals surface area contributed by atoms with Crippen molar-refractivity contribution >= 4 is 17.0 Å². The second-order valence-corrected chi connectivity index (χ2v) is 4.28. The quantitative estimate of drug-likeness (QED) is 0.365. The van der Waals surface area contributed by atoms with Crippen LogP contribution in [0.25, 0.3) is 10.8 Å². The fraction of sp³-hybridized carbons (Fsp3) is 0.267. The maximum absolute atomic E-state index is 8.86. The summed E-state index contributed by atoms with van der Waals surface area (Å²) in [5.74, 6) is 6.52. The van der Waals surface area contributed by atoms with E-state index in [0.717, 1.165) is 16.3 Å². The highest BCUT2D eigenvalue weighted by atomic mass is 16.5. The highest BCUT2D eigenvalue weighted by Crippen LogP contribution is 2.36. The summed E-state index contributed by atoms with van der Waals surface area (Å²) in [4.78, 5) is 0. The van der Waals surface area contributed by atoms with Gasteiger partial charge in [-0.1, -0.05) is 18.2 Å². The number of ether oxygens (including phenoxy) is 2. The molecule has 2 rings (SSSR count). The van der Waals surface area contributed by atoms with Crippen LogP contribution in [0.1, 0.15) is 12.0 Å². The zero-order valence-electron chi connectivity index (χ0n) is 11.4. The average Bonchev–Trinajstić information content (AvgIpc) is 2.48. The van der Waals surface area contributed by atoms with E-state index in [9.17, 15) is 0 Å². The molecule has 0 radical (unpaired) electrons. The molecule has 0 fully saturated rings. The van der Waals surface area contributed by atoms with Crippen LogP contribution in [0.2, 0.25) is 0 Å². The molecule has 0 aliphatic heterocycles. The number of hydrazone groups is 1. The Bertz CT molecular complexity index is 611. The van der Waals surface area contributed by atoms with Gasteiger partial charge in [-0.3, -0.25) is 0 Å². The zero-order valence-corrected chi connectivity index (χ0v) is 11.4. The zero-order chi connectivity index (χ0) is 14.4. The van der Waals surface area contributed by atoms with E-state index in [0.29, 0.717) is 24.5 Å². The molecule has 0 atom stereocenters. The minimum absolute atomic E-state index is 0.0954. The number of rotatable bonds is 6. The van der Waals surface area contributed by atoms with Gasteiger partial charge in [0.25, 0.3) is 0 Å². The van der Waals surface area contributed by atoms with Gasteiger partial charge in [0.1, 0.15) is 0 Å². The van der Waals surface area contributed by atoms with Crippen LogP contribution < -0.4 is 15.3 Å². The molecule has 0 aliphatic carbocycles. The average molecular weight is 274 g/mol. The van der Waals surface area contributed by atoms with E-state index in [-0.39, 0.29) is 6.61 Å². The van der Waals surface area contributed by atoms with Crippen LogP contribution in [0.4, 0.5) is 0 Å². The molecule has 2 aromatic carbocycles. The maximum Gasteiger partial charge on any atom is 0.168 e. The monoisotopic (exact) mass is 274 g/mol. The number of aliphatic hydroxyl groups excluding tert-OH is 1.